The van der Waals surface area contributed by atoms with Gasteiger partial charge in [0.2, 0.25) is 10.0 Å². The van der Waals surface area contributed by atoms with E-state index < -0.39 is 10.0 Å². The van der Waals surface area contributed by atoms with Crippen molar-refractivity contribution in [1.82, 2.24) is 20.4 Å². The summed E-state index contributed by atoms with van der Waals surface area (Å²) in [6, 6.07) is 8.59. The van der Waals surface area contributed by atoms with Crippen LogP contribution in [0, 0.1) is 13.8 Å². The summed E-state index contributed by atoms with van der Waals surface area (Å²) in [4.78, 5) is 4.27. The standard InChI is InChI=1S/C17H26N6O2S.HI/c1-13-10-14(2)23(22-13)9-5-8-20-17(19-3)21-12-15-6-4-7-16(11-15)26(18,24)25;/h4,6-7,10-11H,5,8-9,12H2,1-3H3,(H2,18,24,25)(H2,19,20,21);1H. The molecule has 0 saturated heterocycles. The smallest absolute Gasteiger partial charge is 0.238 e. The first-order chi connectivity index (χ1) is 12.3. The van der Waals surface area contributed by atoms with Gasteiger partial charge < -0.3 is 10.6 Å². The highest BCUT2D eigenvalue weighted by atomic mass is 127. The highest BCUT2D eigenvalue weighted by Crippen LogP contribution is 2.09. The van der Waals surface area contributed by atoms with E-state index in [1.165, 1.54) is 6.07 Å². The van der Waals surface area contributed by atoms with Crippen LogP contribution in [0.2, 0.25) is 0 Å². The summed E-state index contributed by atoms with van der Waals surface area (Å²) < 4.78 is 24.8. The molecule has 0 aliphatic heterocycles. The highest BCUT2D eigenvalue weighted by Gasteiger charge is 2.08. The van der Waals surface area contributed by atoms with Gasteiger partial charge in [-0.1, -0.05) is 12.1 Å². The first-order valence-corrected chi connectivity index (χ1v) is 9.91. The molecule has 1 aromatic carbocycles. The Kier molecular flexibility index (Phi) is 9.19. The molecule has 2 rings (SSSR count). The highest BCUT2D eigenvalue weighted by molar-refractivity contribution is 14.0. The zero-order valence-electron chi connectivity index (χ0n) is 15.8. The summed E-state index contributed by atoms with van der Waals surface area (Å²) in [5, 5.41) is 16.0. The summed E-state index contributed by atoms with van der Waals surface area (Å²) in [7, 11) is -2.01. The van der Waals surface area contributed by atoms with Gasteiger partial charge >= 0.3 is 0 Å². The van der Waals surface area contributed by atoms with Crippen LogP contribution in [0.4, 0.5) is 0 Å². The normalized spacial score (nSPS) is 11.8. The lowest BCUT2D eigenvalue weighted by Gasteiger charge is -2.12. The van der Waals surface area contributed by atoms with Crippen LogP contribution < -0.4 is 15.8 Å². The van der Waals surface area contributed by atoms with E-state index in [1.54, 1.807) is 19.2 Å². The van der Waals surface area contributed by atoms with Crippen molar-refractivity contribution in [2.24, 2.45) is 10.1 Å². The van der Waals surface area contributed by atoms with E-state index >= 15 is 0 Å². The number of aryl methyl sites for hydroxylation is 3. The fourth-order valence-electron chi connectivity index (χ4n) is 2.58. The molecule has 0 amide bonds. The third kappa shape index (κ3) is 7.46. The maximum atomic E-state index is 11.4. The second-order valence-corrected chi connectivity index (χ2v) is 7.61. The SMILES string of the molecule is CN=C(NCCCn1nc(C)cc1C)NCc1cccc(S(N)(=O)=O)c1.I. The topological polar surface area (TPSA) is 114 Å². The maximum absolute atomic E-state index is 11.4. The molecule has 10 heteroatoms. The Morgan fingerprint density at radius 3 is 2.59 bits per heavy atom. The van der Waals surface area contributed by atoms with Crippen molar-refractivity contribution in [2.45, 2.75) is 38.3 Å². The van der Waals surface area contributed by atoms with Gasteiger partial charge in [-0.2, -0.15) is 5.10 Å². The summed E-state index contributed by atoms with van der Waals surface area (Å²) in [6.07, 6.45) is 0.906. The van der Waals surface area contributed by atoms with Crippen LogP contribution in [0.15, 0.2) is 40.2 Å². The number of aliphatic imine (C=N–C) groups is 1. The molecule has 4 N–H and O–H groups in total. The van der Waals surface area contributed by atoms with Crippen molar-refractivity contribution in [2.75, 3.05) is 13.6 Å². The summed E-state index contributed by atoms with van der Waals surface area (Å²) in [6.45, 7) is 6.05. The van der Waals surface area contributed by atoms with Crippen LogP contribution in [0.3, 0.4) is 0 Å². The van der Waals surface area contributed by atoms with Crippen LogP contribution in [0.5, 0.6) is 0 Å². The third-order valence-electron chi connectivity index (χ3n) is 3.85. The van der Waals surface area contributed by atoms with E-state index in [0.29, 0.717) is 12.5 Å². The maximum Gasteiger partial charge on any atom is 0.238 e. The van der Waals surface area contributed by atoms with E-state index in [4.69, 9.17) is 5.14 Å². The number of hydrogen-bond acceptors (Lipinski definition) is 4. The van der Waals surface area contributed by atoms with E-state index in [1.807, 2.05) is 24.6 Å². The van der Waals surface area contributed by atoms with Crippen LogP contribution in [-0.2, 0) is 23.1 Å². The molecular weight excluding hydrogens is 479 g/mol. The lowest BCUT2D eigenvalue weighted by atomic mass is 10.2. The Bertz CT molecular complexity index is 879. The van der Waals surface area contributed by atoms with Gasteiger partial charge in [0, 0.05) is 32.4 Å². The van der Waals surface area contributed by atoms with Gasteiger partial charge in [-0.25, -0.2) is 13.6 Å². The molecule has 1 aromatic heterocycles. The average Bonchev–Trinajstić information content (AvgIpc) is 2.91. The second-order valence-electron chi connectivity index (χ2n) is 6.05. The van der Waals surface area contributed by atoms with Crippen LogP contribution in [0.25, 0.3) is 0 Å². The number of sulfonamides is 1. The van der Waals surface area contributed by atoms with E-state index in [2.05, 4.69) is 26.8 Å². The van der Waals surface area contributed by atoms with Crippen molar-refractivity contribution < 1.29 is 8.42 Å². The van der Waals surface area contributed by atoms with E-state index in [9.17, 15) is 8.42 Å². The summed E-state index contributed by atoms with van der Waals surface area (Å²) >= 11 is 0. The number of nitrogens with zero attached hydrogens (tertiary/aromatic N) is 3. The predicted octanol–water partition coefficient (Wildman–Crippen LogP) is 1.52. The Morgan fingerprint density at radius 1 is 1.26 bits per heavy atom. The Morgan fingerprint density at radius 2 is 2.00 bits per heavy atom. The van der Waals surface area contributed by atoms with Crippen LogP contribution >= 0.6 is 24.0 Å². The van der Waals surface area contributed by atoms with E-state index in [0.717, 1.165) is 36.5 Å². The number of aromatic nitrogens is 2. The molecule has 0 aliphatic carbocycles. The molecule has 0 saturated carbocycles. The molecule has 0 fully saturated rings. The number of nitrogens with two attached hydrogens (primary N) is 1. The molecule has 0 unspecified atom stereocenters. The molecule has 27 heavy (non-hydrogen) atoms. The van der Waals surface area contributed by atoms with Gasteiger partial charge in [0.25, 0.3) is 0 Å². The van der Waals surface area contributed by atoms with Crippen LogP contribution in [-0.4, -0.2) is 37.8 Å². The number of primary sulfonamides is 1. The number of rotatable bonds is 7. The molecule has 2 aromatic rings. The lowest BCUT2D eigenvalue weighted by molar-refractivity contribution is 0.555. The monoisotopic (exact) mass is 506 g/mol. The van der Waals surface area contributed by atoms with Crippen molar-refractivity contribution in [3.05, 3.63) is 47.3 Å². The minimum Gasteiger partial charge on any atom is -0.356 e. The fourth-order valence-corrected chi connectivity index (χ4v) is 3.16. The molecule has 8 nitrogen and oxygen atoms in total. The average molecular weight is 506 g/mol. The lowest BCUT2D eigenvalue weighted by Crippen LogP contribution is -2.37. The first kappa shape index (κ1) is 23.4. The van der Waals surface area contributed by atoms with Gasteiger partial charge in [-0.15, -0.1) is 24.0 Å². The summed E-state index contributed by atoms with van der Waals surface area (Å²) in [5.74, 6) is 0.652. The number of hydrogen-bond donors (Lipinski definition) is 3. The van der Waals surface area contributed by atoms with Gasteiger partial charge in [-0.05, 0) is 44.0 Å². The minimum absolute atomic E-state index is 0. The van der Waals surface area contributed by atoms with Gasteiger partial charge in [-0.3, -0.25) is 9.67 Å². The van der Waals surface area contributed by atoms with Crippen molar-refractivity contribution in [3.8, 4) is 0 Å². The number of nitrogens with one attached hydrogen (secondary N) is 2. The van der Waals surface area contributed by atoms with Gasteiger partial charge in [0.05, 0.1) is 10.6 Å². The van der Waals surface area contributed by atoms with E-state index in [-0.39, 0.29) is 28.9 Å². The van der Waals surface area contributed by atoms with Gasteiger partial charge in [0.1, 0.15) is 0 Å². The second kappa shape index (κ2) is 10.6. The molecule has 150 valence electrons. The van der Waals surface area contributed by atoms with Crippen molar-refractivity contribution >= 4 is 40.0 Å². The quantitative estimate of drug-likeness (QED) is 0.228. The fraction of sp³-hybridized carbons (Fsp3) is 0.412. The Labute approximate surface area is 177 Å². The zero-order chi connectivity index (χ0) is 19.2. The minimum atomic E-state index is -3.70. The summed E-state index contributed by atoms with van der Waals surface area (Å²) in [5.41, 5.74) is 2.98. The molecule has 0 atom stereocenters. The number of benzene rings is 1. The Hall–Kier alpha value is -1.66. The molecule has 0 spiro atoms. The van der Waals surface area contributed by atoms with Crippen molar-refractivity contribution in [1.29, 1.82) is 0 Å². The molecule has 1 heterocycles. The third-order valence-corrected chi connectivity index (χ3v) is 4.76. The Balaban J connectivity index is 0.00000364. The molecule has 0 radical (unpaired) electrons. The van der Waals surface area contributed by atoms with Crippen molar-refractivity contribution in [3.63, 3.8) is 0 Å². The van der Waals surface area contributed by atoms with Gasteiger partial charge in [0.15, 0.2) is 5.96 Å². The molecule has 0 aliphatic rings. The number of halogens is 1. The zero-order valence-corrected chi connectivity index (χ0v) is 18.9. The predicted molar refractivity (Wildman–Crippen MR) is 118 cm³/mol. The molecular formula is C17H27IN6O2S. The first-order valence-electron chi connectivity index (χ1n) is 8.37. The molecule has 0 bridgehead atoms. The number of guanidine groups is 1. The largest absolute Gasteiger partial charge is 0.356 e. The van der Waals surface area contributed by atoms with Crippen LogP contribution in [0.1, 0.15) is 23.4 Å².